The third-order valence-electron chi connectivity index (χ3n) is 4.80. The first-order chi connectivity index (χ1) is 12.1. The minimum Gasteiger partial charge on any atom is -0.497 e. The number of ether oxygens (including phenoxy) is 1. The van der Waals surface area contributed by atoms with Crippen LogP contribution in [0.3, 0.4) is 0 Å². The molecule has 1 atom stereocenters. The highest BCUT2D eigenvalue weighted by molar-refractivity contribution is 5.73. The average Bonchev–Trinajstić information content (AvgIpc) is 2.64. The molecule has 5 nitrogen and oxygen atoms in total. The molecule has 0 radical (unpaired) electrons. The number of aryl methyl sites for hydroxylation is 1. The predicted octanol–water partition coefficient (Wildman–Crippen LogP) is 2.80. The molecular weight excluding hydrogens is 314 g/mol. The number of methoxy groups -OCH3 is 1. The summed E-state index contributed by atoms with van der Waals surface area (Å²) in [6.07, 6.45) is 1.94. The summed E-state index contributed by atoms with van der Waals surface area (Å²) < 4.78 is 5.26. The summed E-state index contributed by atoms with van der Waals surface area (Å²) in [5.74, 6) is 0.979. The van der Waals surface area contributed by atoms with Crippen LogP contribution in [-0.4, -0.2) is 47.4 Å². The zero-order chi connectivity index (χ0) is 17.8. The average molecular weight is 339 g/mol. The first-order valence-electron chi connectivity index (χ1n) is 8.62. The second-order valence-corrected chi connectivity index (χ2v) is 6.53. The Kier molecular flexibility index (Phi) is 5.34. The molecule has 1 aliphatic heterocycles. The summed E-state index contributed by atoms with van der Waals surface area (Å²) in [7, 11) is 1.67. The Labute approximate surface area is 149 Å². The van der Waals surface area contributed by atoms with Crippen molar-refractivity contribution in [2.24, 2.45) is 0 Å². The molecule has 1 amide bonds. The van der Waals surface area contributed by atoms with Crippen molar-refractivity contribution < 1.29 is 9.53 Å². The summed E-state index contributed by atoms with van der Waals surface area (Å²) in [6, 6.07) is 12.5. The lowest BCUT2D eigenvalue weighted by Gasteiger charge is -2.41. The number of amides is 1. The van der Waals surface area contributed by atoms with Crippen LogP contribution in [0.4, 0.5) is 0 Å². The number of carbonyl (C=O) groups excluding carboxylic acids is 1. The highest BCUT2D eigenvalue weighted by Crippen LogP contribution is 2.28. The van der Waals surface area contributed by atoms with Gasteiger partial charge in [0, 0.05) is 45.0 Å². The van der Waals surface area contributed by atoms with Gasteiger partial charge >= 0.3 is 0 Å². The van der Waals surface area contributed by atoms with E-state index in [1.165, 1.54) is 11.1 Å². The Morgan fingerprint density at radius 3 is 2.56 bits per heavy atom. The third-order valence-corrected chi connectivity index (χ3v) is 4.80. The van der Waals surface area contributed by atoms with Gasteiger partial charge in [0.1, 0.15) is 5.75 Å². The highest BCUT2D eigenvalue weighted by atomic mass is 16.5. The molecule has 132 valence electrons. The lowest BCUT2D eigenvalue weighted by Crippen LogP contribution is -2.49. The van der Waals surface area contributed by atoms with Gasteiger partial charge in [0.15, 0.2) is 0 Å². The summed E-state index contributed by atoms with van der Waals surface area (Å²) >= 11 is 0. The van der Waals surface area contributed by atoms with Crippen LogP contribution in [0.1, 0.15) is 29.8 Å². The smallest absolute Gasteiger partial charge is 0.219 e. The Morgan fingerprint density at radius 2 is 1.96 bits per heavy atom. The molecule has 2 aromatic rings. The van der Waals surface area contributed by atoms with Crippen molar-refractivity contribution in [2.75, 3.05) is 26.7 Å². The van der Waals surface area contributed by atoms with Crippen LogP contribution in [0.2, 0.25) is 0 Å². The molecule has 1 saturated heterocycles. The number of hydrogen-bond donors (Lipinski definition) is 0. The largest absolute Gasteiger partial charge is 0.497 e. The van der Waals surface area contributed by atoms with Gasteiger partial charge in [-0.3, -0.25) is 14.7 Å². The van der Waals surface area contributed by atoms with Crippen LogP contribution in [0.25, 0.3) is 0 Å². The Hall–Kier alpha value is -2.40. The molecule has 25 heavy (non-hydrogen) atoms. The van der Waals surface area contributed by atoms with Gasteiger partial charge in [-0.05, 0) is 36.2 Å². The van der Waals surface area contributed by atoms with Crippen LogP contribution in [0.15, 0.2) is 42.6 Å². The molecule has 5 heteroatoms. The van der Waals surface area contributed by atoms with Gasteiger partial charge in [0.25, 0.3) is 0 Å². The summed E-state index contributed by atoms with van der Waals surface area (Å²) in [5, 5.41) is 0. The minimum atomic E-state index is 0.134. The van der Waals surface area contributed by atoms with Crippen molar-refractivity contribution in [1.29, 1.82) is 0 Å². The van der Waals surface area contributed by atoms with E-state index in [9.17, 15) is 4.79 Å². The second kappa shape index (κ2) is 7.66. The van der Waals surface area contributed by atoms with Gasteiger partial charge in [-0.2, -0.15) is 0 Å². The molecule has 1 aromatic heterocycles. The molecule has 0 bridgehead atoms. The van der Waals surface area contributed by atoms with E-state index in [0.717, 1.165) is 31.1 Å². The van der Waals surface area contributed by atoms with Gasteiger partial charge in [0.05, 0.1) is 13.2 Å². The Bertz CT molecular complexity index is 713. The van der Waals surface area contributed by atoms with E-state index in [-0.39, 0.29) is 11.9 Å². The molecule has 0 spiro atoms. The zero-order valence-corrected chi connectivity index (χ0v) is 15.1. The molecule has 0 aliphatic carbocycles. The van der Waals surface area contributed by atoms with Gasteiger partial charge in [-0.15, -0.1) is 0 Å². The van der Waals surface area contributed by atoms with Crippen LogP contribution < -0.4 is 4.74 Å². The molecule has 1 aliphatic rings. The number of benzene rings is 1. The molecule has 1 fully saturated rings. The van der Waals surface area contributed by atoms with Gasteiger partial charge in [0.2, 0.25) is 5.91 Å². The number of carbonyl (C=O) groups is 1. The van der Waals surface area contributed by atoms with E-state index in [1.807, 2.05) is 36.2 Å². The first kappa shape index (κ1) is 17.4. The maximum Gasteiger partial charge on any atom is 0.219 e. The lowest BCUT2D eigenvalue weighted by atomic mass is 10.0. The van der Waals surface area contributed by atoms with Gasteiger partial charge < -0.3 is 9.64 Å². The summed E-state index contributed by atoms with van der Waals surface area (Å²) in [5.41, 5.74) is 3.42. The minimum absolute atomic E-state index is 0.134. The van der Waals surface area contributed by atoms with E-state index in [4.69, 9.17) is 4.74 Å². The molecule has 0 unspecified atom stereocenters. The Balaban J connectivity index is 1.83. The maximum atomic E-state index is 11.9. The van der Waals surface area contributed by atoms with E-state index < -0.39 is 0 Å². The maximum absolute atomic E-state index is 11.9. The van der Waals surface area contributed by atoms with Crippen molar-refractivity contribution in [3.63, 3.8) is 0 Å². The number of hydrogen-bond acceptors (Lipinski definition) is 4. The molecule has 0 saturated carbocycles. The fourth-order valence-corrected chi connectivity index (χ4v) is 3.26. The van der Waals surface area contributed by atoms with Crippen molar-refractivity contribution in [2.45, 2.75) is 26.4 Å². The standard InChI is InChI=1S/C20H25N3O2/c1-15-4-5-17(12-21-15)13-23-11-10-22(16(2)24)14-20(23)18-6-8-19(25-3)9-7-18/h4-9,12,20H,10-11,13-14H2,1-3H3/t20-/m0/s1. The zero-order valence-electron chi connectivity index (χ0n) is 15.1. The first-order valence-corrected chi connectivity index (χ1v) is 8.62. The summed E-state index contributed by atoms with van der Waals surface area (Å²) in [6.45, 7) is 6.79. The quantitative estimate of drug-likeness (QED) is 0.859. The fourth-order valence-electron chi connectivity index (χ4n) is 3.26. The number of rotatable bonds is 4. The fraction of sp³-hybridized carbons (Fsp3) is 0.400. The SMILES string of the molecule is COc1ccc([C@@H]2CN(C(C)=O)CCN2Cc2ccc(C)nc2)cc1. The number of piperazine rings is 1. The molecule has 2 heterocycles. The number of aromatic nitrogens is 1. The van der Waals surface area contributed by atoms with E-state index in [1.54, 1.807) is 14.0 Å². The van der Waals surface area contributed by atoms with Gasteiger partial charge in [-0.1, -0.05) is 18.2 Å². The van der Waals surface area contributed by atoms with Gasteiger partial charge in [-0.25, -0.2) is 0 Å². The van der Waals surface area contributed by atoms with E-state index >= 15 is 0 Å². The molecule has 3 rings (SSSR count). The van der Waals surface area contributed by atoms with Crippen molar-refractivity contribution in [3.8, 4) is 5.75 Å². The number of pyridine rings is 1. The lowest BCUT2D eigenvalue weighted by molar-refractivity contribution is -0.132. The molecule has 0 N–H and O–H groups in total. The van der Waals surface area contributed by atoms with Crippen molar-refractivity contribution in [1.82, 2.24) is 14.8 Å². The predicted molar refractivity (Wildman–Crippen MR) is 97.4 cm³/mol. The third kappa shape index (κ3) is 4.17. The monoisotopic (exact) mass is 339 g/mol. The van der Waals surface area contributed by atoms with Crippen molar-refractivity contribution >= 4 is 5.91 Å². The molecular formula is C20H25N3O2. The van der Waals surface area contributed by atoms with E-state index in [2.05, 4.69) is 28.1 Å². The number of nitrogens with zero attached hydrogens (tertiary/aromatic N) is 3. The van der Waals surface area contributed by atoms with Crippen LogP contribution >= 0.6 is 0 Å². The molecule has 1 aromatic carbocycles. The topological polar surface area (TPSA) is 45.7 Å². The van der Waals surface area contributed by atoms with Crippen LogP contribution in [0, 0.1) is 6.92 Å². The Morgan fingerprint density at radius 1 is 1.20 bits per heavy atom. The highest BCUT2D eigenvalue weighted by Gasteiger charge is 2.29. The summed E-state index contributed by atoms with van der Waals surface area (Å²) in [4.78, 5) is 20.6. The van der Waals surface area contributed by atoms with E-state index in [0.29, 0.717) is 6.54 Å². The van der Waals surface area contributed by atoms with Crippen molar-refractivity contribution in [3.05, 3.63) is 59.4 Å². The van der Waals surface area contributed by atoms with Crippen LogP contribution in [-0.2, 0) is 11.3 Å². The van der Waals surface area contributed by atoms with Crippen LogP contribution in [0.5, 0.6) is 5.75 Å². The normalized spacial score (nSPS) is 18.2. The second-order valence-electron chi connectivity index (χ2n) is 6.53.